The normalized spacial score (nSPS) is 13.0. The number of hydrogen-bond acceptors (Lipinski definition) is 5. The number of nitrogens with zero attached hydrogens (tertiary/aromatic N) is 1. The lowest BCUT2D eigenvalue weighted by molar-refractivity contribution is -0.0258. The van der Waals surface area contributed by atoms with Crippen LogP contribution in [0.15, 0.2) is 52.0 Å². The van der Waals surface area contributed by atoms with E-state index in [0.717, 1.165) is 4.47 Å². The summed E-state index contributed by atoms with van der Waals surface area (Å²) in [5.41, 5.74) is 0.349. The largest absolute Gasteiger partial charge is 0.467 e. The van der Waals surface area contributed by atoms with Crippen LogP contribution in [0, 0.1) is 0 Å². The summed E-state index contributed by atoms with van der Waals surface area (Å²) in [5, 5.41) is 2.77. The fourth-order valence-electron chi connectivity index (χ4n) is 1.91. The molecule has 2 rings (SSSR count). The van der Waals surface area contributed by atoms with Crippen LogP contribution >= 0.6 is 0 Å². The van der Waals surface area contributed by atoms with Crippen molar-refractivity contribution in [3.8, 4) is 0 Å². The average Bonchev–Trinajstić information content (AvgIpc) is 3.08. The molecule has 0 aliphatic carbocycles. The van der Waals surface area contributed by atoms with E-state index in [4.69, 9.17) is 9.25 Å². The lowest BCUT2D eigenvalue weighted by atomic mass is 10.2. The summed E-state index contributed by atoms with van der Waals surface area (Å²) in [7, 11) is -1.17. The molecule has 0 aliphatic rings. The number of carbonyl (C=O) groups excluding carboxylic acids is 1. The van der Waals surface area contributed by atoms with Gasteiger partial charge in [0, 0.05) is 12.6 Å². The van der Waals surface area contributed by atoms with Gasteiger partial charge in [0.05, 0.1) is 24.3 Å². The topological polar surface area (TPSA) is 88.8 Å². The van der Waals surface area contributed by atoms with Gasteiger partial charge in [-0.2, -0.15) is 0 Å². The maximum atomic E-state index is 12.2. The molecule has 23 heavy (non-hydrogen) atoms. The smallest absolute Gasteiger partial charge is 0.264 e. The quantitative estimate of drug-likeness (QED) is 0.813. The molecule has 0 saturated carbocycles. The highest BCUT2D eigenvalue weighted by Gasteiger charge is 2.21. The van der Waals surface area contributed by atoms with E-state index in [2.05, 4.69) is 5.32 Å². The maximum Gasteiger partial charge on any atom is 0.264 e. The second-order valence-electron chi connectivity index (χ2n) is 4.83. The Morgan fingerprint density at radius 1 is 1.26 bits per heavy atom. The first-order valence-electron chi connectivity index (χ1n) is 6.83. The lowest BCUT2D eigenvalue weighted by Crippen LogP contribution is -2.27. The van der Waals surface area contributed by atoms with Crippen LogP contribution in [0.4, 0.5) is 0 Å². The van der Waals surface area contributed by atoms with E-state index in [0.29, 0.717) is 11.3 Å². The van der Waals surface area contributed by atoms with E-state index in [1.165, 1.54) is 44.7 Å². The summed E-state index contributed by atoms with van der Waals surface area (Å²) in [5.74, 6) is 0.317. The van der Waals surface area contributed by atoms with E-state index >= 15 is 0 Å². The number of sulfonamides is 1. The fourth-order valence-corrected chi connectivity index (χ4v) is 2.89. The molecule has 2 aromatic rings. The van der Waals surface area contributed by atoms with Gasteiger partial charge in [-0.3, -0.25) is 9.63 Å². The molecule has 0 radical (unpaired) electrons. The molecule has 0 fully saturated rings. The molecular formula is C15H18N2O5S. The van der Waals surface area contributed by atoms with Crippen LogP contribution in [-0.4, -0.2) is 33.0 Å². The third kappa shape index (κ3) is 3.79. The number of carbonyl (C=O) groups is 1. The van der Waals surface area contributed by atoms with Gasteiger partial charge in [0.15, 0.2) is 0 Å². The number of hydrogen-bond donors (Lipinski definition) is 1. The number of hydroxylamine groups is 1. The van der Waals surface area contributed by atoms with Crippen molar-refractivity contribution in [3.63, 3.8) is 0 Å². The molecule has 124 valence electrons. The third-order valence-corrected chi connectivity index (χ3v) is 5.02. The molecule has 1 aromatic carbocycles. The van der Waals surface area contributed by atoms with E-state index in [9.17, 15) is 13.2 Å². The number of furan rings is 1. The Bertz CT molecular complexity index is 754. The Labute approximate surface area is 134 Å². The van der Waals surface area contributed by atoms with Crippen molar-refractivity contribution in [3.05, 3.63) is 54.0 Å². The van der Waals surface area contributed by atoms with Crippen LogP contribution in [0.1, 0.15) is 29.1 Å². The van der Waals surface area contributed by atoms with Gasteiger partial charge in [0.25, 0.3) is 15.9 Å². The highest BCUT2D eigenvalue weighted by atomic mass is 32.2. The van der Waals surface area contributed by atoms with Crippen LogP contribution in [0.2, 0.25) is 0 Å². The maximum absolute atomic E-state index is 12.2. The standard InChI is InChI=1S/C15H18N2O5S/c1-11(14-5-4-10-22-14)16-15(18)12-6-8-13(9-7-12)23(19,20)17(2)21-3/h4-11H,1-3H3,(H,16,18)/t11-/m0/s1. The number of amides is 1. The minimum absolute atomic E-state index is 0.0393. The Balaban J connectivity index is 2.12. The third-order valence-electron chi connectivity index (χ3n) is 3.33. The first-order valence-corrected chi connectivity index (χ1v) is 8.27. The summed E-state index contributed by atoms with van der Waals surface area (Å²) < 4.78 is 30.1. The molecule has 1 atom stereocenters. The highest BCUT2D eigenvalue weighted by molar-refractivity contribution is 7.89. The van der Waals surface area contributed by atoms with Gasteiger partial charge < -0.3 is 9.73 Å². The molecule has 1 aromatic heterocycles. The molecule has 1 heterocycles. The zero-order chi connectivity index (χ0) is 17.0. The summed E-state index contributed by atoms with van der Waals surface area (Å²) in [4.78, 5) is 16.9. The van der Waals surface area contributed by atoms with Crippen molar-refractivity contribution in [1.82, 2.24) is 9.79 Å². The molecule has 0 unspecified atom stereocenters. The van der Waals surface area contributed by atoms with Crippen molar-refractivity contribution in [1.29, 1.82) is 0 Å². The first kappa shape index (κ1) is 17.2. The van der Waals surface area contributed by atoms with Gasteiger partial charge >= 0.3 is 0 Å². The van der Waals surface area contributed by atoms with Crippen LogP contribution in [-0.2, 0) is 14.9 Å². The average molecular weight is 338 g/mol. The molecule has 0 bridgehead atoms. The summed E-state index contributed by atoms with van der Waals surface area (Å²) in [6, 6.07) is 8.82. The molecule has 0 spiro atoms. The monoisotopic (exact) mass is 338 g/mol. The number of rotatable bonds is 6. The van der Waals surface area contributed by atoms with Crippen molar-refractivity contribution in [2.75, 3.05) is 14.2 Å². The van der Waals surface area contributed by atoms with Crippen LogP contribution in [0.3, 0.4) is 0 Å². The zero-order valence-corrected chi connectivity index (χ0v) is 13.8. The molecular weight excluding hydrogens is 320 g/mol. The summed E-state index contributed by atoms with van der Waals surface area (Å²) in [6.45, 7) is 1.79. The van der Waals surface area contributed by atoms with Gasteiger partial charge in [-0.25, -0.2) is 8.42 Å². The molecule has 8 heteroatoms. The van der Waals surface area contributed by atoms with Crippen molar-refractivity contribution in [2.45, 2.75) is 17.9 Å². The number of benzene rings is 1. The van der Waals surface area contributed by atoms with Gasteiger partial charge in [-0.15, -0.1) is 0 Å². The molecule has 7 nitrogen and oxygen atoms in total. The highest BCUT2D eigenvalue weighted by Crippen LogP contribution is 2.17. The van der Waals surface area contributed by atoms with Crippen LogP contribution < -0.4 is 5.32 Å². The predicted molar refractivity (Wildman–Crippen MR) is 83.0 cm³/mol. The van der Waals surface area contributed by atoms with E-state index in [-0.39, 0.29) is 16.8 Å². The zero-order valence-electron chi connectivity index (χ0n) is 13.0. The number of nitrogens with one attached hydrogen (secondary N) is 1. The summed E-state index contributed by atoms with van der Waals surface area (Å²) in [6.07, 6.45) is 1.53. The van der Waals surface area contributed by atoms with Gasteiger partial charge in [-0.05, 0) is 43.3 Å². The predicted octanol–water partition coefficient (Wildman–Crippen LogP) is 1.95. The molecule has 0 aliphatic heterocycles. The Kier molecular flexibility index (Phi) is 5.19. The Morgan fingerprint density at radius 2 is 1.91 bits per heavy atom. The van der Waals surface area contributed by atoms with E-state index in [1.807, 2.05) is 0 Å². The Morgan fingerprint density at radius 3 is 2.43 bits per heavy atom. The van der Waals surface area contributed by atoms with E-state index < -0.39 is 10.0 Å². The second-order valence-corrected chi connectivity index (χ2v) is 6.77. The Hall–Kier alpha value is -2.16. The first-order chi connectivity index (χ1) is 10.9. The minimum Gasteiger partial charge on any atom is -0.467 e. The van der Waals surface area contributed by atoms with Crippen molar-refractivity contribution >= 4 is 15.9 Å². The fraction of sp³-hybridized carbons (Fsp3) is 0.267. The van der Waals surface area contributed by atoms with Gasteiger partial charge in [0.1, 0.15) is 5.76 Å². The second kappa shape index (κ2) is 6.95. The minimum atomic E-state index is -3.73. The van der Waals surface area contributed by atoms with Crippen LogP contribution in [0.25, 0.3) is 0 Å². The van der Waals surface area contributed by atoms with Crippen LogP contribution in [0.5, 0.6) is 0 Å². The lowest BCUT2D eigenvalue weighted by Gasteiger charge is -2.15. The van der Waals surface area contributed by atoms with Crippen molar-refractivity contribution < 1.29 is 22.5 Å². The van der Waals surface area contributed by atoms with Crippen molar-refractivity contribution in [2.24, 2.45) is 0 Å². The molecule has 0 saturated heterocycles. The van der Waals surface area contributed by atoms with E-state index in [1.54, 1.807) is 19.1 Å². The molecule has 1 N–H and O–H groups in total. The SMILES string of the molecule is CON(C)S(=O)(=O)c1ccc(C(=O)N[C@@H](C)c2ccco2)cc1. The molecule has 1 amide bonds. The summed E-state index contributed by atoms with van der Waals surface area (Å²) >= 11 is 0. The van der Waals surface area contributed by atoms with Gasteiger partial charge in [-0.1, -0.05) is 4.47 Å². The van der Waals surface area contributed by atoms with Gasteiger partial charge in [0.2, 0.25) is 0 Å².